The van der Waals surface area contributed by atoms with Crippen LogP contribution in [0.15, 0.2) is 0 Å². The summed E-state index contributed by atoms with van der Waals surface area (Å²) >= 11 is -0.528. The van der Waals surface area contributed by atoms with Crippen LogP contribution >= 0.6 is 10.1 Å². The molecule has 0 unspecified atom stereocenters. The number of hydrogen-bond acceptors (Lipinski definition) is 1. The first kappa shape index (κ1) is 9.03. The standard InChI is InChI=1S/ClH.Fe.Mg.O.2H/h1H;;;;;/q;+1;;;;/p-1. The molecule has 0 aromatic heterocycles. The Balaban J connectivity index is 0. The van der Waals surface area contributed by atoms with Gasteiger partial charge in [0.2, 0.25) is 0 Å². The van der Waals surface area contributed by atoms with Crippen molar-refractivity contribution in [2.75, 3.05) is 0 Å². The minimum absolute atomic E-state index is 0. The summed E-state index contributed by atoms with van der Waals surface area (Å²) in [5.74, 6) is 0. The molecule has 0 rings (SSSR count). The van der Waals surface area contributed by atoms with Crippen molar-refractivity contribution in [2.24, 2.45) is 0 Å². The average molecular weight is 134 g/mol. The molecule has 25 valence electrons. The normalized spacial score (nSPS) is 4.25. The van der Waals surface area contributed by atoms with E-state index in [1.165, 1.54) is 0 Å². The average Bonchev–Trinajstić information content (AvgIpc) is 0.918. The van der Waals surface area contributed by atoms with Gasteiger partial charge in [0.1, 0.15) is 0 Å². The van der Waals surface area contributed by atoms with E-state index in [0.717, 1.165) is 0 Å². The van der Waals surface area contributed by atoms with Crippen LogP contribution in [0.2, 0.25) is 0 Å². The molecule has 0 aromatic carbocycles. The van der Waals surface area contributed by atoms with Gasteiger partial charge in [-0.15, -0.1) is 0 Å². The molecular formula is H2ClFeMgO. The second-order valence-corrected chi connectivity index (χ2v) is 0.675. The third kappa shape index (κ3) is 10.1. The summed E-state index contributed by atoms with van der Waals surface area (Å²) in [5.41, 5.74) is 0. The van der Waals surface area contributed by atoms with E-state index in [2.05, 4.69) is 10.1 Å². The molecule has 0 saturated heterocycles. The van der Waals surface area contributed by atoms with Crippen LogP contribution in [0.3, 0.4) is 0 Å². The Bertz CT molecular complexity index is 15.5. The fraction of sp³-hybridized carbons (Fsp3) is 0. The zero-order valence-electron chi connectivity index (χ0n) is 1.14. The second-order valence-electron chi connectivity index (χ2n) is 0.0546. The van der Waals surface area contributed by atoms with Crippen LogP contribution < -0.4 is 0 Å². The Morgan fingerprint density at radius 2 is 1.75 bits per heavy atom. The zero-order chi connectivity index (χ0) is 2.71. The quantitative estimate of drug-likeness (QED) is 0.413. The Morgan fingerprint density at radius 3 is 1.75 bits per heavy atom. The molecule has 0 aliphatic rings. The van der Waals surface area contributed by atoms with Gasteiger partial charge in [-0.05, 0) is 0 Å². The van der Waals surface area contributed by atoms with E-state index < -0.39 is 14.0 Å². The van der Waals surface area contributed by atoms with Crippen molar-refractivity contribution in [3.05, 3.63) is 0 Å². The number of hydrogen-bond donors (Lipinski definition) is 0. The van der Waals surface area contributed by atoms with Gasteiger partial charge in [-0.1, -0.05) is 0 Å². The van der Waals surface area contributed by atoms with Gasteiger partial charge < -0.3 is 0 Å². The van der Waals surface area contributed by atoms with Gasteiger partial charge in [0.25, 0.3) is 0 Å². The molecule has 4 heavy (non-hydrogen) atoms. The monoisotopic (exact) mass is 133 g/mol. The van der Waals surface area contributed by atoms with Crippen LogP contribution in [-0.2, 0) is 17.8 Å². The van der Waals surface area contributed by atoms with E-state index in [-0.39, 0.29) is 23.1 Å². The molecule has 0 bridgehead atoms. The summed E-state index contributed by atoms with van der Waals surface area (Å²) in [4.78, 5) is 0. The molecule has 0 amide bonds. The van der Waals surface area contributed by atoms with Crippen molar-refractivity contribution in [1.29, 1.82) is 0 Å². The summed E-state index contributed by atoms with van der Waals surface area (Å²) in [6, 6.07) is 0. The first-order valence-electron chi connectivity index (χ1n) is 0.278. The van der Waals surface area contributed by atoms with E-state index in [9.17, 15) is 0 Å². The Hall–Kier alpha value is 1.38. The van der Waals surface area contributed by atoms with Crippen LogP contribution in [0, 0.1) is 0 Å². The van der Waals surface area contributed by atoms with E-state index in [1.54, 1.807) is 0 Å². The molecule has 4 heteroatoms. The summed E-state index contributed by atoms with van der Waals surface area (Å²) < 4.78 is 8.70. The molecule has 0 radical (unpaired) electrons. The Kier molecular flexibility index (Phi) is 19.9. The second kappa shape index (κ2) is 8.83. The molecule has 0 fully saturated rings. The third-order valence-corrected chi connectivity index (χ3v) is 0. The Morgan fingerprint density at radius 1 is 1.75 bits per heavy atom. The molecule has 0 aliphatic heterocycles. The molecule has 0 aromatic rings. The van der Waals surface area contributed by atoms with E-state index in [4.69, 9.17) is 3.83 Å². The first-order chi connectivity index (χ1) is 1.41. The predicted molar refractivity (Wildman–Crippen MR) is 15.1 cm³/mol. The van der Waals surface area contributed by atoms with E-state index in [1.807, 2.05) is 0 Å². The van der Waals surface area contributed by atoms with E-state index >= 15 is 0 Å². The van der Waals surface area contributed by atoms with Gasteiger partial charge >= 0.3 is 51.0 Å². The molecule has 0 atom stereocenters. The third-order valence-electron chi connectivity index (χ3n) is 0. The number of halogens is 1. The van der Waals surface area contributed by atoms with Crippen LogP contribution in [0.1, 0.15) is 0 Å². The van der Waals surface area contributed by atoms with Crippen LogP contribution in [0.5, 0.6) is 0 Å². The van der Waals surface area contributed by atoms with Gasteiger partial charge in [-0.25, -0.2) is 0 Å². The summed E-state index contributed by atoms with van der Waals surface area (Å²) in [5, 5.41) is 0. The zero-order valence-corrected chi connectivity index (χ0v) is 3.00. The molecular weight excluding hydrogens is 132 g/mol. The van der Waals surface area contributed by atoms with Crippen molar-refractivity contribution in [3.63, 3.8) is 0 Å². The first-order valence-corrected chi connectivity index (χ1v) is 2.25. The fourth-order valence-electron chi connectivity index (χ4n) is 0. The maximum absolute atomic E-state index is 8.70. The summed E-state index contributed by atoms with van der Waals surface area (Å²) in [7, 11) is 4.44. The predicted octanol–water partition coefficient (Wildman–Crippen LogP) is -0.348. The van der Waals surface area contributed by atoms with Crippen LogP contribution in [-0.4, -0.2) is 23.1 Å². The van der Waals surface area contributed by atoms with Crippen molar-refractivity contribution in [3.8, 4) is 0 Å². The van der Waals surface area contributed by atoms with Crippen LogP contribution in [0.4, 0.5) is 0 Å². The maximum atomic E-state index is 8.70. The van der Waals surface area contributed by atoms with Gasteiger partial charge in [-0.2, -0.15) is 0 Å². The molecule has 0 N–H and O–H groups in total. The molecule has 0 heterocycles. The van der Waals surface area contributed by atoms with Crippen LogP contribution in [0.25, 0.3) is 0 Å². The Labute approximate surface area is 50.8 Å². The molecule has 0 spiro atoms. The van der Waals surface area contributed by atoms with Gasteiger partial charge in [0, 0.05) is 0 Å². The molecule has 1 nitrogen and oxygen atoms in total. The van der Waals surface area contributed by atoms with Gasteiger partial charge in [0.15, 0.2) is 0 Å². The van der Waals surface area contributed by atoms with E-state index in [0.29, 0.717) is 0 Å². The van der Waals surface area contributed by atoms with Crippen molar-refractivity contribution in [2.45, 2.75) is 0 Å². The minimum atomic E-state index is -0.528. The SMILES string of the molecule is [MgH2].[O]=[Fe][Cl]. The fourth-order valence-corrected chi connectivity index (χ4v) is 0. The summed E-state index contributed by atoms with van der Waals surface area (Å²) in [6.45, 7) is 0. The van der Waals surface area contributed by atoms with Crippen molar-refractivity contribution < 1.29 is 17.8 Å². The van der Waals surface area contributed by atoms with Crippen molar-refractivity contribution in [1.82, 2.24) is 0 Å². The van der Waals surface area contributed by atoms with Crippen molar-refractivity contribution >= 4 is 33.2 Å². The van der Waals surface area contributed by atoms with Gasteiger partial charge in [0.05, 0.1) is 0 Å². The van der Waals surface area contributed by atoms with Gasteiger partial charge in [-0.3, -0.25) is 0 Å². The molecule has 0 aliphatic carbocycles. The summed E-state index contributed by atoms with van der Waals surface area (Å²) in [6.07, 6.45) is 0. The molecule has 0 saturated carbocycles. The topological polar surface area (TPSA) is 17.1 Å². The number of rotatable bonds is 0.